The number of para-hydroxylation sites is 1. The van der Waals surface area contributed by atoms with E-state index in [1.54, 1.807) is 0 Å². The molecule has 0 spiro atoms. The molecule has 0 atom stereocenters. The molecular formula is C13H17N3. The van der Waals surface area contributed by atoms with Gasteiger partial charge < -0.3 is 10.2 Å². The molecule has 1 aromatic rings. The molecule has 1 N–H and O–H groups in total. The number of hydrogen-bond donors (Lipinski definition) is 1. The molecule has 1 aromatic carbocycles. The molecule has 0 amide bonds. The first-order valence-corrected chi connectivity index (χ1v) is 5.69. The fourth-order valence-electron chi connectivity index (χ4n) is 2.26. The van der Waals surface area contributed by atoms with Crippen molar-refractivity contribution in [3.63, 3.8) is 0 Å². The molecule has 1 saturated heterocycles. The minimum Gasteiger partial charge on any atom is -0.356 e. The van der Waals surface area contributed by atoms with E-state index in [0.717, 1.165) is 31.6 Å². The first kappa shape index (κ1) is 11.0. The Labute approximate surface area is 96.7 Å². The van der Waals surface area contributed by atoms with Crippen LogP contribution in [-0.4, -0.2) is 25.7 Å². The SMILES string of the molecule is CN(c1ccccc1)C1(C#N)CCNCC1. The zero-order valence-electron chi connectivity index (χ0n) is 9.61. The highest BCUT2D eigenvalue weighted by Gasteiger charge is 2.36. The van der Waals surface area contributed by atoms with E-state index in [0.29, 0.717) is 0 Å². The number of rotatable bonds is 2. The minimum absolute atomic E-state index is 0.341. The second-order valence-corrected chi connectivity index (χ2v) is 4.29. The van der Waals surface area contributed by atoms with Crippen molar-refractivity contribution in [2.45, 2.75) is 18.4 Å². The Bertz CT molecular complexity index is 374. The van der Waals surface area contributed by atoms with Crippen LogP contribution in [0.25, 0.3) is 0 Å². The van der Waals surface area contributed by atoms with E-state index >= 15 is 0 Å². The largest absolute Gasteiger partial charge is 0.356 e. The average molecular weight is 215 g/mol. The van der Waals surface area contributed by atoms with Crippen LogP contribution in [0.2, 0.25) is 0 Å². The van der Waals surface area contributed by atoms with E-state index in [1.807, 2.05) is 25.2 Å². The number of benzene rings is 1. The van der Waals surface area contributed by atoms with Crippen molar-refractivity contribution in [2.75, 3.05) is 25.0 Å². The van der Waals surface area contributed by atoms with E-state index in [4.69, 9.17) is 0 Å². The first-order valence-electron chi connectivity index (χ1n) is 5.69. The summed E-state index contributed by atoms with van der Waals surface area (Å²) in [6.45, 7) is 1.84. The predicted molar refractivity (Wildman–Crippen MR) is 65.3 cm³/mol. The lowest BCUT2D eigenvalue weighted by Gasteiger charge is -2.40. The number of piperidine rings is 1. The van der Waals surface area contributed by atoms with Gasteiger partial charge in [0.05, 0.1) is 6.07 Å². The summed E-state index contributed by atoms with van der Waals surface area (Å²) in [7, 11) is 2.02. The summed E-state index contributed by atoms with van der Waals surface area (Å²) in [6, 6.07) is 12.6. The molecule has 2 rings (SSSR count). The van der Waals surface area contributed by atoms with Crippen LogP contribution >= 0.6 is 0 Å². The maximum atomic E-state index is 9.45. The monoisotopic (exact) mass is 215 g/mol. The zero-order chi connectivity index (χ0) is 11.4. The summed E-state index contributed by atoms with van der Waals surface area (Å²) in [5, 5.41) is 12.8. The maximum Gasteiger partial charge on any atom is 0.130 e. The van der Waals surface area contributed by atoms with E-state index in [9.17, 15) is 5.26 Å². The van der Waals surface area contributed by atoms with Crippen molar-refractivity contribution in [1.29, 1.82) is 5.26 Å². The van der Waals surface area contributed by atoms with Gasteiger partial charge in [0.2, 0.25) is 0 Å². The Hall–Kier alpha value is -1.53. The summed E-state index contributed by atoms with van der Waals surface area (Å²) in [5.41, 5.74) is 0.776. The number of hydrogen-bond acceptors (Lipinski definition) is 3. The summed E-state index contributed by atoms with van der Waals surface area (Å²) in [6.07, 6.45) is 1.77. The number of nitrogens with zero attached hydrogens (tertiary/aromatic N) is 2. The Kier molecular flexibility index (Phi) is 3.12. The fourth-order valence-corrected chi connectivity index (χ4v) is 2.26. The normalized spacial score (nSPS) is 18.8. The smallest absolute Gasteiger partial charge is 0.130 e. The standard InChI is InChI=1S/C13H17N3/c1-16(12-5-3-2-4-6-12)13(11-14)7-9-15-10-8-13/h2-6,15H,7-10H2,1H3. The molecule has 0 radical (unpaired) electrons. The molecule has 3 nitrogen and oxygen atoms in total. The van der Waals surface area contributed by atoms with Gasteiger partial charge in [0, 0.05) is 12.7 Å². The lowest BCUT2D eigenvalue weighted by atomic mass is 9.88. The summed E-state index contributed by atoms with van der Waals surface area (Å²) in [5.74, 6) is 0. The Morgan fingerprint density at radius 1 is 1.25 bits per heavy atom. The van der Waals surface area contributed by atoms with Crippen molar-refractivity contribution in [1.82, 2.24) is 5.32 Å². The molecule has 0 unspecified atom stereocenters. The van der Waals surface area contributed by atoms with E-state index in [1.165, 1.54) is 0 Å². The summed E-state index contributed by atoms with van der Waals surface area (Å²) in [4.78, 5) is 2.12. The van der Waals surface area contributed by atoms with Crippen LogP contribution in [0.4, 0.5) is 5.69 Å². The van der Waals surface area contributed by atoms with Crippen molar-refractivity contribution >= 4 is 5.69 Å². The molecule has 1 fully saturated rings. The summed E-state index contributed by atoms with van der Waals surface area (Å²) < 4.78 is 0. The first-order chi connectivity index (χ1) is 7.78. The van der Waals surface area contributed by atoms with Gasteiger partial charge in [0.25, 0.3) is 0 Å². The Balaban J connectivity index is 2.25. The van der Waals surface area contributed by atoms with Gasteiger partial charge in [-0.3, -0.25) is 0 Å². The van der Waals surface area contributed by atoms with Crippen LogP contribution in [0.1, 0.15) is 12.8 Å². The number of anilines is 1. The van der Waals surface area contributed by atoms with Gasteiger partial charge in [-0.1, -0.05) is 18.2 Å². The molecule has 84 valence electrons. The molecule has 1 aliphatic heterocycles. The van der Waals surface area contributed by atoms with E-state index in [-0.39, 0.29) is 5.54 Å². The average Bonchev–Trinajstić information content (AvgIpc) is 2.39. The maximum absolute atomic E-state index is 9.45. The quantitative estimate of drug-likeness (QED) is 0.817. The third-order valence-corrected chi connectivity index (χ3v) is 3.42. The third-order valence-electron chi connectivity index (χ3n) is 3.42. The van der Waals surface area contributed by atoms with Gasteiger partial charge in [0.15, 0.2) is 0 Å². The molecule has 3 heteroatoms. The van der Waals surface area contributed by atoms with E-state index in [2.05, 4.69) is 28.4 Å². The fraction of sp³-hybridized carbons (Fsp3) is 0.462. The molecule has 16 heavy (non-hydrogen) atoms. The molecule has 1 heterocycles. The van der Waals surface area contributed by atoms with Crippen LogP contribution < -0.4 is 10.2 Å². The van der Waals surface area contributed by atoms with Crippen LogP contribution in [0, 0.1) is 11.3 Å². The Morgan fingerprint density at radius 3 is 2.44 bits per heavy atom. The van der Waals surface area contributed by atoms with Gasteiger partial charge in [-0.05, 0) is 38.1 Å². The highest BCUT2D eigenvalue weighted by atomic mass is 15.2. The Morgan fingerprint density at radius 2 is 1.88 bits per heavy atom. The van der Waals surface area contributed by atoms with Gasteiger partial charge in [-0.2, -0.15) is 5.26 Å². The van der Waals surface area contributed by atoms with Gasteiger partial charge >= 0.3 is 0 Å². The third kappa shape index (κ3) is 1.89. The van der Waals surface area contributed by atoms with Crippen molar-refractivity contribution in [3.8, 4) is 6.07 Å². The zero-order valence-corrected chi connectivity index (χ0v) is 9.61. The van der Waals surface area contributed by atoms with Crippen molar-refractivity contribution in [3.05, 3.63) is 30.3 Å². The van der Waals surface area contributed by atoms with Gasteiger partial charge in [0.1, 0.15) is 5.54 Å². The van der Waals surface area contributed by atoms with Crippen LogP contribution in [0.3, 0.4) is 0 Å². The predicted octanol–water partition coefficient (Wildman–Crippen LogP) is 1.77. The van der Waals surface area contributed by atoms with E-state index < -0.39 is 0 Å². The van der Waals surface area contributed by atoms with Crippen molar-refractivity contribution < 1.29 is 0 Å². The second kappa shape index (κ2) is 4.54. The topological polar surface area (TPSA) is 39.1 Å². The molecular weight excluding hydrogens is 198 g/mol. The van der Waals surface area contributed by atoms with Crippen LogP contribution in [0.5, 0.6) is 0 Å². The number of nitriles is 1. The molecule has 0 aromatic heterocycles. The minimum atomic E-state index is -0.341. The lowest BCUT2D eigenvalue weighted by molar-refractivity contribution is 0.368. The molecule has 0 bridgehead atoms. The lowest BCUT2D eigenvalue weighted by Crippen LogP contribution is -2.52. The van der Waals surface area contributed by atoms with Crippen LogP contribution in [-0.2, 0) is 0 Å². The van der Waals surface area contributed by atoms with Gasteiger partial charge in [-0.15, -0.1) is 0 Å². The highest BCUT2D eigenvalue weighted by molar-refractivity contribution is 5.50. The summed E-state index contributed by atoms with van der Waals surface area (Å²) >= 11 is 0. The van der Waals surface area contributed by atoms with Crippen molar-refractivity contribution in [2.24, 2.45) is 0 Å². The second-order valence-electron chi connectivity index (χ2n) is 4.29. The molecule has 0 saturated carbocycles. The molecule has 1 aliphatic rings. The van der Waals surface area contributed by atoms with Gasteiger partial charge in [-0.25, -0.2) is 0 Å². The van der Waals surface area contributed by atoms with Crippen LogP contribution in [0.15, 0.2) is 30.3 Å². The highest BCUT2D eigenvalue weighted by Crippen LogP contribution is 2.29. The molecule has 0 aliphatic carbocycles. The number of nitrogens with one attached hydrogen (secondary N) is 1.